The zero-order valence-electron chi connectivity index (χ0n) is 21.1. The molecule has 0 unspecified atom stereocenters. The van der Waals surface area contributed by atoms with Gasteiger partial charge in [-0.25, -0.2) is 0 Å². The van der Waals surface area contributed by atoms with Gasteiger partial charge < -0.3 is 26.0 Å². The van der Waals surface area contributed by atoms with Crippen molar-refractivity contribution in [2.45, 2.75) is 25.2 Å². The molecule has 0 aliphatic carbocycles. The molecule has 13 heteroatoms. The maximum absolute atomic E-state index is 13.5. The maximum Gasteiger partial charge on any atom is 0.393 e. The van der Waals surface area contributed by atoms with Crippen molar-refractivity contribution in [3.05, 3.63) is 82.0 Å². The van der Waals surface area contributed by atoms with Crippen LogP contribution >= 0.6 is 11.3 Å². The number of amides is 3. The van der Waals surface area contributed by atoms with E-state index < -0.39 is 55.4 Å². The molecule has 1 aromatic heterocycles. The molecule has 1 aliphatic heterocycles. The number of nitrogens with two attached hydrogens (primary N) is 2. The van der Waals surface area contributed by atoms with Crippen LogP contribution in [0.25, 0.3) is 0 Å². The molecule has 40 heavy (non-hydrogen) atoms. The molecule has 1 aliphatic rings. The number of halogens is 3. The van der Waals surface area contributed by atoms with Crippen LogP contribution in [0.2, 0.25) is 0 Å². The Morgan fingerprint density at radius 1 is 1.02 bits per heavy atom. The molecule has 9 nitrogen and oxygen atoms in total. The highest BCUT2D eigenvalue weighted by atomic mass is 32.1. The zero-order valence-corrected chi connectivity index (χ0v) is 21.9. The summed E-state index contributed by atoms with van der Waals surface area (Å²) in [5, 5.41) is 9.22. The second-order valence-electron chi connectivity index (χ2n) is 9.25. The Balaban J connectivity index is 1.56. The number of ether oxygens (including phenoxy) is 1. The lowest BCUT2D eigenvalue weighted by Gasteiger charge is -2.27. The number of likely N-dealkylation sites (tertiary alicyclic amines) is 1. The molecule has 2 heterocycles. The number of thiophene rings is 1. The van der Waals surface area contributed by atoms with Crippen LogP contribution in [0, 0.1) is 11.3 Å². The number of carbonyl (C=O) groups excluding carboxylic acids is 3. The van der Waals surface area contributed by atoms with Crippen LogP contribution in [-0.2, 0) is 16.1 Å². The third kappa shape index (κ3) is 6.78. The molecular formula is C27H26F3N5O4S. The van der Waals surface area contributed by atoms with E-state index in [9.17, 15) is 27.6 Å². The van der Waals surface area contributed by atoms with Crippen LogP contribution in [-0.4, -0.2) is 58.7 Å². The minimum absolute atomic E-state index is 0.0808. The van der Waals surface area contributed by atoms with Crippen molar-refractivity contribution in [1.82, 2.24) is 9.80 Å². The number of rotatable bonds is 9. The Hall–Kier alpha value is -4.39. The predicted octanol–water partition coefficient (Wildman–Crippen LogP) is 3.73. The van der Waals surface area contributed by atoms with Gasteiger partial charge in [0.05, 0.1) is 12.5 Å². The molecule has 1 fully saturated rings. The van der Waals surface area contributed by atoms with Crippen molar-refractivity contribution in [3.63, 3.8) is 0 Å². The highest BCUT2D eigenvalue weighted by molar-refractivity contribution is 7.10. The second kappa shape index (κ2) is 11.8. The van der Waals surface area contributed by atoms with E-state index in [1.165, 1.54) is 28.4 Å². The van der Waals surface area contributed by atoms with Gasteiger partial charge in [0.1, 0.15) is 29.9 Å². The number of carbonyl (C=O) groups is 3. The minimum Gasteiger partial charge on any atom is -0.457 e. The molecule has 2 atom stereocenters. The van der Waals surface area contributed by atoms with Gasteiger partial charge in [-0.2, -0.15) is 13.2 Å². The van der Waals surface area contributed by atoms with E-state index in [-0.39, 0.29) is 17.9 Å². The van der Waals surface area contributed by atoms with Gasteiger partial charge in [-0.15, -0.1) is 11.3 Å². The van der Waals surface area contributed by atoms with Crippen molar-refractivity contribution in [2.24, 2.45) is 17.4 Å². The number of primary amides is 1. The van der Waals surface area contributed by atoms with E-state index in [1.54, 1.807) is 35.7 Å². The molecular weight excluding hydrogens is 547 g/mol. The van der Waals surface area contributed by atoms with Crippen LogP contribution in [0.3, 0.4) is 0 Å². The van der Waals surface area contributed by atoms with Gasteiger partial charge in [0.15, 0.2) is 0 Å². The van der Waals surface area contributed by atoms with Crippen LogP contribution in [0.4, 0.5) is 13.2 Å². The summed E-state index contributed by atoms with van der Waals surface area (Å²) in [4.78, 5) is 41.2. The standard InChI is InChI=1S/C27H26F3N5O4S/c28-27(29,30)18-11-22(25(33)37)35(12-18)23(36)14-34(13-21-10-17(15-40-21)24(31)32)26(38)16-6-8-20(9-7-16)39-19-4-2-1-3-5-19/h1-10,15,18,22H,11-14H2,(H3,31,32)(H2,33,37)/t18-,22-/m1/s1. The van der Waals surface area contributed by atoms with Gasteiger partial charge >= 0.3 is 6.18 Å². The molecule has 210 valence electrons. The van der Waals surface area contributed by atoms with Gasteiger partial charge in [0.25, 0.3) is 5.91 Å². The van der Waals surface area contributed by atoms with Crippen LogP contribution in [0.5, 0.6) is 11.5 Å². The number of nitrogens with zero attached hydrogens (tertiary/aromatic N) is 2. The summed E-state index contributed by atoms with van der Waals surface area (Å²) in [6.45, 7) is -1.40. The SMILES string of the molecule is N=C(N)c1csc(CN(CC(=O)N2C[C@H](C(F)(F)F)C[C@@H]2C(N)=O)C(=O)c2ccc(Oc3ccccc3)cc2)c1. The number of nitrogen functional groups attached to an aromatic ring is 1. The number of para-hydroxylation sites is 1. The smallest absolute Gasteiger partial charge is 0.393 e. The number of nitrogens with one attached hydrogen (secondary N) is 1. The van der Waals surface area contributed by atoms with E-state index in [4.69, 9.17) is 21.6 Å². The van der Waals surface area contributed by atoms with Gasteiger partial charge in [-0.05, 0) is 48.9 Å². The monoisotopic (exact) mass is 573 g/mol. The number of amidine groups is 1. The largest absolute Gasteiger partial charge is 0.457 e. The quantitative estimate of drug-likeness (QED) is 0.264. The lowest BCUT2D eigenvalue weighted by molar-refractivity contribution is -0.171. The third-order valence-electron chi connectivity index (χ3n) is 6.42. The predicted molar refractivity (Wildman–Crippen MR) is 142 cm³/mol. The molecule has 2 aromatic carbocycles. The average molecular weight is 574 g/mol. The fourth-order valence-corrected chi connectivity index (χ4v) is 5.24. The van der Waals surface area contributed by atoms with Gasteiger partial charge in [-0.3, -0.25) is 19.8 Å². The van der Waals surface area contributed by atoms with E-state index in [0.717, 1.165) is 4.90 Å². The van der Waals surface area contributed by atoms with E-state index in [0.29, 0.717) is 21.9 Å². The van der Waals surface area contributed by atoms with Crippen molar-refractivity contribution in [1.29, 1.82) is 5.41 Å². The van der Waals surface area contributed by atoms with Crippen molar-refractivity contribution in [2.75, 3.05) is 13.1 Å². The topological polar surface area (TPSA) is 143 Å². The summed E-state index contributed by atoms with van der Waals surface area (Å²) in [6, 6.07) is 15.3. The first-order chi connectivity index (χ1) is 18.9. The van der Waals surface area contributed by atoms with E-state index >= 15 is 0 Å². The number of benzene rings is 2. The summed E-state index contributed by atoms with van der Waals surface area (Å²) in [7, 11) is 0. The Morgan fingerprint density at radius 2 is 1.68 bits per heavy atom. The number of hydrogen-bond acceptors (Lipinski definition) is 6. The summed E-state index contributed by atoms with van der Waals surface area (Å²) in [5.74, 6) is -3.46. The molecule has 5 N–H and O–H groups in total. The summed E-state index contributed by atoms with van der Waals surface area (Å²) in [6.07, 6.45) is -5.24. The normalized spacial score (nSPS) is 16.9. The minimum atomic E-state index is -4.61. The van der Waals surface area contributed by atoms with Gasteiger partial charge in [0, 0.05) is 27.9 Å². The third-order valence-corrected chi connectivity index (χ3v) is 7.34. The van der Waals surface area contributed by atoms with Crippen LogP contribution in [0.15, 0.2) is 66.0 Å². The van der Waals surface area contributed by atoms with E-state index in [1.807, 2.05) is 18.2 Å². The first kappa shape index (κ1) is 28.6. The van der Waals surface area contributed by atoms with Crippen molar-refractivity contribution in [3.8, 4) is 11.5 Å². The lowest BCUT2D eigenvalue weighted by atomic mass is 10.1. The second-order valence-corrected chi connectivity index (χ2v) is 10.3. The fraction of sp³-hybridized carbons (Fsp3) is 0.259. The Labute approximate surface area is 231 Å². The molecule has 3 aromatic rings. The first-order valence-electron chi connectivity index (χ1n) is 12.1. The fourth-order valence-electron chi connectivity index (χ4n) is 4.34. The van der Waals surface area contributed by atoms with Gasteiger partial charge in [0.2, 0.25) is 11.8 Å². The molecule has 0 spiro atoms. The number of alkyl halides is 3. The average Bonchev–Trinajstić information content (AvgIpc) is 3.57. The summed E-state index contributed by atoms with van der Waals surface area (Å²) >= 11 is 1.21. The molecule has 1 saturated heterocycles. The van der Waals surface area contributed by atoms with Crippen LogP contribution in [0.1, 0.15) is 27.2 Å². The highest BCUT2D eigenvalue weighted by Gasteiger charge is 2.50. The molecule has 0 bridgehead atoms. The Bertz CT molecular complexity index is 1400. The Kier molecular flexibility index (Phi) is 8.43. The van der Waals surface area contributed by atoms with E-state index in [2.05, 4.69) is 0 Å². The molecule has 0 radical (unpaired) electrons. The first-order valence-corrected chi connectivity index (χ1v) is 13.0. The zero-order chi connectivity index (χ0) is 29.0. The van der Waals surface area contributed by atoms with Crippen molar-refractivity contribution < 1.29 is 32.3 Å². The highest BCUT2D eigenvalue weighted by Crippen LogP contribution is 2.36. The number of hydrogen-bond donors (Lipinski definition) is 3. The Morgan fingerprint density at radius 3 is 2.25 bits per heavy atom. The van der Waals surface area contributed by atoms with Crippen LogP contribution < -0.4 is 16.2 Å². The molecule has 0 saturated carbocycles. The van der Waals surface area contributed by atoms with Gasteiger partial charge in [-0.1, -0.05) is 18.2 Å². The maximum atomic E-state index is 13.5. The molecule has 3 amide bonds. The summed E-state index contributed by atoms with van der Waals surface area (Å²) < 4.78 is 45.9. The molecule has 4 rings (SSSR count). The lowest BCUT2D eigenvalue weighted by Crippen LogP contribution is -2.48. The summed E-state index contributed by atoms with van der Waals surface area (Å²) in [5.41, 5.74) is 11.5. The van der Waals surface area contributed by atoms with Crippen molar-refractivity contribution >= 4 is 34.9 Å².